The summed E-state index contributed by atoms with van der Waals surface area (Å²) in [5.74, 6) is 1.86. The number of aromatic nitrogens is 3. The highest BCUT2D eigenvalue weighted by molar-refractivity contribution is 5.77. The Balaban J connectivity index is 1.82. The SMILES string of the molecule is COCCOCC(=O)N1CCC[C@@H](c2n[nH]c(C)n2)C1. The van der Waals surface area contributed by atoms with Crippen LogP contribution >= 0.6 is 0 Å². The van der Waals surface area contributed by atoms with Gasteiger partial charge in [0.1, 0.15) is 12.4 Å². The van der Waals surface area contributed by atoms with Crippen LogP contribution in [0.2, 0.25) is 0 Å². The van der Waals surface area contributed by atoms with Gasteiger partial charge >= 0.3 is 0 Å². The fourth-order valence-corrected chi connectivity index (χ4v) is 2.35. The molecule has 0 radical (unpaired) electrons. The molecule has 1 aliphatic heterocycles. The summed E-state index contributed by atoms with van der Waals surface area (Å²) in [4.78, 5) is 18.3. The maximum atomic E-state index is 12.1. The molecule has 0 aromatic carbocycles. The zero-order valence-corrected chi connectivity index (χ0v) is 12.1. The van der Waals surface area contributed by atoms with E-state index in [1.54, 1.807) is 7.11 Å². The van der Waals surface area contributed by atoms with E-state index in [0.717, 1.165) is 31.0 Å². The Morgan fingerprint density at radius 3 is 3.05 bits per heavy atom. The second kappa shape index (κ2) is 7.35. The number of aryl methyl sites for hydroxylation is 1. The van der Waals surface area contributed by atoms with E-state index in [-0.39, 0.29) is 18.4 Å². The lowest BCUT2D eigenvalue weighted by molar-refractivity contribution is -0.137. The van der Waals surface area contributed by atoms with Gasteiger partial charge in [-0.05, 0) is 19.8 Å². The fraction of sp³-hybridized carbons (Fsp3) is 0.769. The molecule has 7 heteroatoms. The van der Waals surface area contributed by atoms with Crippen LogP contribution in [0.25, 0.3) is 0 Å². The first-order chi connectivity index (χ1) is 9.70. The number of aromatic amines is 1. The molecule has 1 aliphatic rings. The van der Waals surface area contributed by atoms with Crippen LogP contribution in [-0.2, 0) is 14.3 Å². The van der Waals surface area contributed by atoms with Crippen LogP contribution in [0.4, 0.5) is 0 Å². The van der Waals surface area contributed by atoms with E-state index < -0.39 is 0 Å². The van der Waals surface area contributed by atoms with Gasteiger partial charge in [-0.3, -0.25) is 9.89 Å². The normalized spacial score (nSPS) is 19.3. The zero-order valence-electron chi connectivity index (χ0n) is 12.1. The second-order valence-electron chi connectivity index (χ2n) is 5.00. The zero-order chi connectivity index (χ0) is 14.4. The van der Waals surface area contributed by atoms with Crippen molar-refractivity contribution in [3.8, 4) is 0 Å². The molecule has 1 aromatic heterocycles. The van der Waals surface area contributed by atoms with Gasteiger partial charge in [-0.25, -0.2) is 4.98 Å². The van der Waals surface area contributed by atoms with Crippen molar-refractivity contribution in [3.05, 3.63) is 11.6 Å². The van der Waals surface area contributed by atoms with E-state index in [0.29, 0.717) is 19.8 Å². The van der Waals surface area contributed by atoms with Crippen LogP contribution in [0.5, 0.6) is 0 Å². The summed E-state index contributed by atoms with van der Waals surface area (Å²) in [6.45, 7) is 4.40. The van der Waals surface area contributed by atoms with Crippen molar-refractivity contribution in [1.82, 2.24) is 20.1 Å². The van der Waals surface area contributed by atoms with Gasteiger partial charge in [0, 0.05) is 26.1 Å². The molecule has 0 unspecified atom stereocenters. The standard InChI is InChI=1S/C13H22N4O3/c1-10-14-13(16-15-10)11-4-3-5-17(8-11)12(18)9-20-7-6-19-2/h11H,3-9H2,1-2H3,(H,14,15,16)/t11-/m1/s1. The lowest BCUT2D eigenvalue weighted by Crippen LogP contribution is -2.41. The van der Waals surface area contributed by atoms with Gasteiger partial charge < -0.3 is 14.4 Å². The predicted octanol–water partition coefficient (Wildman–Crippen LogP) is 0.482. The fourth-order valence-electron chi connectivity index (χ4n) is 2.35. The minimum atomic E-state index is 0.0260. The smallest absolute Gasteiger partial charge is 0.248 e. The quantitative estimate of drug-likeness (QED) is 0.768. The number of hydrogen-bond donors (Lipinski definition) is 1. The number of nitrogens with zero attached hydrogens (tertiary/aromatic N) is 3. The Kier molecular flexibility index (Phi) is 5.49. The van der Waals surface area contributed by atoms with E-state index in [1.165, 1.54) is 0 Å². The average Bonchev–Trinajstić information content (AvgIpc) is 2.90. The van der Waals surface area contributed by atoms with Crippen molar-refractivity contribution in [2.45, 2.75) is 25.7 Å². The van der Waals surface area contributed by atoms with Crippen LogP contribution in [-0.4, -0.2) is 66.0 Å². The summed E-state index contributed by atoms with van der Waals surface area (Å²) in [6, 6.07) is 0. The van der Waals surface area contributed by atoms with Gasteiger partial charge in [0.05, 0.1) is 13.2 Å². The summed E-state index contributed by atoms with van der Waals surface area (Å²) >= 11 is 0. The molecule has 0 saturated carbocycles. The largest absolute Gasteiger partial charge is 0.382 e. The molecule has 1 atom stereocenters. The summed E-state index contributed by atoms with van der Waals surface area (Å²) in [5.41, 5.74) is 0. The number of rotatable bonds is 6. The van der Waals surface area contributed by atoms with Crippen molar-refractivity contribution in [2.75, 3.05) is 40.0 Å². The molecule has 20 heavy (non-hydrogen) atoms. The summed E-state index contributed by atoms with van der Waals surface area (Å²) in [6.07, 6.45) is 1.99. The van der Waals surface area contributed by atoms with Crippen LogP contribution < -0.4 is 0 Å². The number of carbonyl (C=O) groups excluding carboxylic acids is 1. The lowest BCUT2D eigenvalue weighted by atomic mass is 9.97. The third-order valence-corrected chi connectivity index (χ3v) is 3.41. The van der Waals surface area contributed by atoms with Crippen molar-refractivity contribution in [1.29, 1.82) is 0 Å². The molecule has 0 spiro atoms. The highest BCUT2D eigenvalue weighted by Gasteiger charge is 2.26. The van der Waals surface area contributed by atoms with Crippen molar-refractivity contribution in [3.63, 3.8) is 0 Å². The number of methoxy groups -OCH3 is 1. The molecule has 1 aromatic rings. The van der Waals surface area contributed by atoms with E-state index in [2.05, 4.69) is 15.2 Å². The minimum Gasteiger partial charge on any atom is -0.382 e. The Labute approximate surface area is 118 Å². The first-order valence-electron chi connectivity index (χ1n) is 6.94. The molecule has 1 fully saturated rings. The predicted molar refractivity (Wildman–Crippen MR) is 72.4 cm³/mol. The van der Waals surface area contributed by atoms with Gasteiger partial charge in [0.15, 0.2) is 5.82 Å². The third kappa shape index (κ3) is 4.01. The number of piperidine rings is 1. The maximum Gasteiger partial charge on any atom is 0.248 e. The highest BCUT2D eigenvalue weighted by atomic mass is 16.5. The van der Waals surface area contributed by atoms with E-state index in [1.807, 2.05) is 11.8 Å². The average molecular weight is 282 g/mol. The number of carbonyl (C=O) groups is 1. The summed E-state index contributed by atoms with van der Waals surface area (Å²) in [5, 5.41) is 7.05. The van der Waals surface area contributed by atoms with Crippen LogP contribution in [0.3, 0.4) is 0 Å². The molecule has 112 valence electrons. The number of ether oxygens (including phenoxy) is 2. The molecule has 1 saturated heterocycles. The van der Waals surface area contributed by atoms with Gasteiger partial charge in [-0.15, -0.1) is 0 Å². The number of nitrogens with one attached hydrogen (secondary N) is 1. The molecule has 0 aliphatic carbocycles. The molecular weight excluding hydrogens is 260 g/mol. The number of amides is 1. The molecule has 2 heterocycles. The van der Waals surface area contributed by atoms with Crippen molar-refractivity contribution < 1.29 is 14.3 Å². The highest BCUT2D eigenvalue weighted by Crippen LogP contribution is 2.24. The molecule has 7 nitrogen and oxygen atoms in total. The minimum absolute atomic E-state index is 0.0260. The maximum absolute atomic E-state index is 12.1. The van der Waals surface area contributed by atoms with Crippen molar-refractivity contribution >= 4 is 5.91 Å². The van der Waals surface area contributed by atoms with E-state index in [4.69, 9.17) is 9.47 Å². The Morgan fingerprint density at radius 2 is 2.35 bits per heavy atom. The van der Waals surface area contributed by atoms with E-state index >= 15 is 0 Å². The lowest BCUT2D eigenvalue weighted by Gasteiger charge is -2.31. The van der Waals surface area contributed by atoms with Crippen LogP contribution in [0.1, 0.15) is 30.4 Å². The second-order valence-corrected chi connectivity index (χ2v) is 5.00. The van der Waals surface area contributed by atoms with Crippen LogP contribution in [0.15, 0.2) is 0 Å². The topological polar surface area (TPSA) is 80.3 Å². The van der Waals surface area contributed by atoms with Gasteiger partial charge in [0.25, 0.3) is 0 Å². The summed E-state index contributed by atoms with van der Waals surface area (Å²) in [7, 11) is 1.61. The van der Waals surface area contributed by atoms with Gasteiger partial charge in [0.2, 0.25) is 5.91 Å². The van der Waals surface area contributed by atoms with Crippen LogP contribution in [0, 0.1) is 6.92 Å². The first kappa shape index (κ1) is 14.9. The number of H-pyrrole nitrogens is 1. The Bertz CT molecular complexity index is 435. The van der Waals surface area contributed by atoms with Crippen molar-refractivity contribution in [2.24, 2.45) is 0 Å². The van der Waals surface area contributed by atoms with Gasteiger partial charge in [-0.1, -0.05) is 0 Å². The molecule has 1 N–H and O–H groups in total. The van der Waals surface area contributed by atoms with Gasteiger partial charge in [-0.2, -0.15) is 5.10 Å². The number of hydrogen-bond acceptors (Lipinski definition) is 5. The molecule has 2 rings (SSSR count). The third-order valence-electron chi connectivity index (χ3n) is 3.41. The molecule has 1 amide bonds. The van der Waals surface area contributed by atoms with E-state index in [9.17, 15) is 4.79 Å². The first-order valence-corrected chi connectivity index (χ1v) is 6.94. The molecule has 0 bridgehead atoms. The Hall–Kier alpha value is -1.47. The monoisotopic (exact) mass is 282 g/mol. The molecular formula is C13H22N4O3. The summed E-state index contributed by atoms with van der Waals surface area (Å²) < 4.78 is 10.2. The Morgan fingerprint density at radius 1 is 1.50 bits per heavy atom. The number of likely N-dealkylation sites (tertiary alicyclic amines) is 1.